The first-order valence-electron chi connectivity index (χ1n) is 8.80. The van der Waals surface area contributed by atoms with E-state index in [9.17, 15) is 9.59 Å². The zero-order valence-electron chi connectivity index (χ0n) is 15.3. The van der Waals surface area contributed by atoms with Crippen molar-refractivity contribution in [3.8, 4) is 17.0 Å². The van der Waals surface area contributed by atoms with Crippen LogP contribution in [0.5, 0.6) is 5.75 Å². The summed E-state index contributed by atoms with van der Waals surface area (Å²) in [6.07, 6.45) is 1.31. The van der Waals surface area contributed by atoms with Crippen molar-refractivity contribution in [2.24, 2.45) is 5.92 Å². The van der Waals surface area contributed by atoms with Crippen molar-refractivity contribution >= 4 is 17.6 Å². The van der Waals surface area contributed by atoms with Crippen molar-refractivity contribution < 1.29 is 14.3 Å². The van der Waals surface area contributed by atoms with Crippen LogP contribution < -0.4 is 10.1 Å². The minimum Gasteiger partial charge on any atom is -0.496 e. The second-order valence-electron chi connectivity index (χ2n) is 6.74. The van der Waals surface area contributed by atoms with Crippen molar-refractivity contribution in [3.63, 3.8) is 0 Å². The zero-order chi connectivity index (χ0) is 18.7. The van der Waals surface area contributed by atoms with E-state index in [-0.39, 0.29) is 17.7 Å². The molecule has 1 fully saturated rings. The number of carbonyl (C=O) groups is 2. The Morgan fingerprint density at radius 2 is 2.12 bits per heavy atom. The molecule has 3 rings (SSSR count). The average molecular weight is 356 g/mol. The number of para-hydroxylation sites is 1. The van der Waals surface area contributed by atoms with Crippen molar-refractivity contribution in [1.82, 2.24) is 15.1 Å². The molecule has 1 saturated heterocycles. The van der Waals surface area contributed by atoms with E-state index >= 15 is 0 Å². The highest BCUT2D eigenvalue weighted by atomic mass is 16.5. The fourth-order valence-corrected chi connectivity index (χ4v) is 3.36. The summed E-state index contributed by atoms with van der Waals surface area (Å²) in [7, 11) is 1.61. The van der Waals surface area contributed by atoms with Crippen LogP contribution in [0.15, 0.2) is 30.3 Å². The van der Waals surface area contributed by atoms with Crippen LogP contribution in [-0.2, 0) is 9.59 Å². The van der Waals surface area contributed by atoms with Crippen LogP contribution in [0.4, 0.5) is 5.82 Å². The fraction of sp³-hybridized carbons (Fsp3) is 0.421. The minimum atomic E-state index is -0.489. The molecule has 1 aliphatic rings. The van der Waals surface area contributed by atoms with Gasteiger partial charge in [-0.2, -0.15) is 5.10 Å². The van der Waals surface area contributed by atoms with Crippen LogP contribution in [-0.4, -0.2) is 46.6 Å². The Bertz CT molecular complexity index is 800. The molecular weight excluding hydrogens is 332 g/mol. The Kier molecular flexibility index (Phi) is 5.25. The molecule has 0 aliphatic carbocycles. The van der Waals surface area contributed by atoms with E-state index < -0.39 is 6.04 Å². The third-order valence-electron chi connectivity index (χ3n) is 4.57. The monoisotopic (exact) mass is 356 g/mol. The van der Waals surface area contributed by atoms with Gasteiger partial charge in [0.2, 0.25) is 11.8 Å². The SMILES string of the molecule is COc1ccccc1-c1cc(NC(=O)C(C(C)C)N2CCCC2=O)n[nH]1. The molecule has 26 heavy (non-hydrogen) atoms. The quantitative estimate of drug-likeness (QED) is 0.833. The molecule has 2 heterocycles. The van der Waals surface area contributed by atoms with Crippen LogP contribution >= 0.6 is 0 Å². The molecule has 138 valence electrons. The molecule has 0 spiro atoms. The molecule has 2 amide bonds. The maximum absolute atomic E-state index is 12.8. The van der Waals surface area contributed by atoms with Gasteiger partial charge in [0, 0.05) is 24.6 Å². The largest absolute Gasteiger partial charge is 0.496 e. The summed E-state index contributed by atoms with van der Waals surface area (Å²) < 4.78 is 5.36. The number of aromatic amines is 1. The Balaban J connectivity index is 1.77. The van der Waals surface area contributed by atoms with Crippen LogP contribution in [0.3, 0.4) is 0 Å². The maximum Gasteiger partial charge on any atom is 0.248 e. The van der Waals surface area contributed by atoms with E-state index in [4.69, 9.17) is 4.74 Å². The molecule has 1 aliphatic heterocycles. The number of carbonyl (C=O) groups excluding carboxylic acids is 2. The number of ether oxygens (including phenoxy) is 1. The Morgan fingerprint density at radius 1 is 1.35 bits per heavy atom. The number of H-pyrrole nitrogens is 1. The number of likely N-dealkylation sites (tertiary alicyclic amines) is 1. The van der Waals surface area contributed by atoms with Gasteiger partial charge in [0.25, 0.3) is 0 Å². The van der Waals surface area contributed by atoms with E-state index in [1.807, 2.05) is 38.1 Å². The van der Waals surface area contributed by atoms with E-state index in [1.165, 1.54) is 0 Å². The van der Waals surface area contributed by atoms with E-state index in [1.54, 1.807) is 18.1 Å². The normalized spacial score (nSPS) is 15.4. The number of rotatable bonds is 6. The van der Waals surface area contributed by atoms with Crippen LogP contribution in [0.2, 0.25) is 0 Å². The first-order valence-corrected chi connectivity index (χ1v) is 8.80. The third-order valence-corrected chi connectivity index (χ3v) is 4.57. The molecule has 2 aromatic rings. The number of nitrogens with zero attached hydrogens (tertiary/aromatic N) is 2. The number of methoxy groups -OCH3 is 1. The summed E-state index contributed by atoms with van der Waals surface area (Å²) in [4.78, 5) is 26.5. The highest BCUT2D eigenvalue weighted by Gasteiger charge is 2.35. The Hall–Kier alpha value is -2.83. The maximum atomic E-state index is 12.8. The first-order chi connectivity index (χ1) is 12.5. The van der Waals surface area contributed by atoms with Gasteiger partial charge >= 0.3 is 0 Å². The number of hydrogen-bond donors (Lipinski definition) is 2. The highest BCUT2D eigenvalue weighted by molar-refractivity contribution is 5.97. The standard InChI is InChI=1S/C19H24N4O3/c1-12(2)18(23-10-6-9-17(23)24)19(25)20-16-11-14(21-22-16)13-7-4-5-8-15(13)26-3/h4-5,7-8,11-12,18H,6,9-10H2,1-3H3,(H2,20,21,22,25). The van der Waals surface area contributed by atoms with Crippen molar-refractivity contribution in [3.05, 3.63) is 30.3 Å². The van der Waals surface area contributed by atoms with Crippen molar-refractivity contribution in [1.29, 1.82) is 0 Å². The number of hydrogen-bond acceptors (Lipinski definition) is 4. The summed E-state index contributed by atoms with van der Waals surface area (Å²) in [5.41, 5.74) is 1.61. The van der Waals surface area contributed by atoms with Gasteiger partial charge in [-0.1, -0.05) is 26.0 Å². The van der Waals surface area contributed by atoms with Gasteiger partial charge < -0.3 is 15.0 Å². The van der Waals surface area contributed by atoms with E-state index in [2.05, 4.69) is 15.5 Å². The third kappa shape index (κ3) is 3.56. The van der Waals surface area contributed by atoms with Gasteiger partial charge in [-0.15, -0.1) is 0 Å². The molecular formula is C19H24N4O3. The summed E-state index contributed by atoms with van der Waals surface area (Å²) in [6.45, 7) is 4.52. The van der Waals surface area contributed by atoms with Gasteiger partial charge in [0.1, 0.15) is 11.8 Å². The van der Waals surface area contributed by atoms with Crippen LogP contribution in [0.25, 0.3) is 11.3 Å². The van der Waals surface area contributed by atoms with E-state index in [0.717, 1.165) is 23.4 Å². The Labute approximate surface area is 152 Å². The van der Waals surface area contributed by atoms with Crippen molar-refractivity contribution in [2.45, 2.75) is 32.7 Å². The van der Waals surface area contributed by atoms with Gasteiger partial charge in [-0.05, 0) is 24.5 Å². The Morgan fingerprint density at radius 3 is 2.77 bits per heavy atom. The lowest BCUT2D eigenvalue weighted by atomic mass is 10.0. The average Bonchev–Trinajstić information content (AvgIpc) is 3.24. The number of nitrogens with one attached hydrogen (secondary N) is 2. The summed E-state index contributed by atoms with van der Waals surface area (Å²) in [5.74, 6) is 0.985. The zero-order valence-corrected chi connectivity index (χ0v) is 15.3. The predicted octanol–water partition coefficient (Wildman–Crippen LogP) is 2.67. The number of amides is 2. The molecule has 1 unspecified atom stereocenters. The van der Waals surface area contributed by atoms with Gasteiger partial charge in [0.05, 0.1) is 12.8 Å². The van der Waals surface area contributed by atoms with Crippen LogP contribution in [0, 0.1) is 5.92 Å². The summed E-state index contributed by atoms with van der Waals surface area (Å²) in [6, 6.07) is 8.85. The molecule has 1 aromatic carbocycles. The molecule has 0 saturated carbocycles. The number of benzene rings is 1. The van der Waals surface area contributed by atoms with Gasteiger partial charge in [-0.25, -0.2) is 0 Å². The number of anilines is 1. The fourth-order valence-electron chi connectivity index (χ4n) is 3.36. The van der Waals surface area contributed by atoms with Gasteiger partial charge in [-0.3, -0.25) is 14.7 Å². The minimum absolute atomic E-state index is 0.0182. The molecule has 1 aromatic heterocycles. The number of aromatic nitrogens is 2. The molecule has 1 atom stereocenters. The lowest BCUT2D eigenvalue weighted by molar-refractivity contribution is -0.136. The first kappa shape index (κ1) is 18.0. The predicted molar refractivity (Wildman–Crippen MR) is 98.8 cm³/mol. The lowest BCUT2D eigenvalue weighted by Gasteiger charge is -2.29. The lowest BCUT2D eigenvalue weighted by Crippen LogP contribution is -2.48. The molecule has 7 heteroatoms. The topological polar surface area (TPSA) is 87.3 Å². The summed E-state index contributed by atoms with van der Waals surface area (Å²) in [5, 5.41) is 9.94. The highest BCUT2D eigenvalue weighted by Crippen LogP contribution is 2.29. The van der Waals surface area contributed by atoms with Crippen LogP contribution in [0.1, 0.15) is 26.7 Å². The second-order valence-corrected chi connectivity index (χ2v) is 6.74. The molecule has 2 N–H and O–H groups in total. The molecule has 0 bridgehead atoms. The molecule has 7 nitrogen and oxygen atoms in total. The smallest absolute Gasteiger partial charge is 0.248 e. The van der Waals surface area contributed by atoms with Gasteiger partial charge in [0.15, 0.2) is 5.82 Å². The second kappa shape index (κ2) is 7.59. The molecule has 0 radical (unpaired) electrons. The van der Waals surface area contributed by atoms with Crippen molar-refractivity contribution in [2.75, 3.05) is 19.0 Å². The van der Waals surface area contributed by atoms with E-state index in [0.29, 0.717) is 18.8 Å². The summed E-state index contributed by atoms with van der Waals surface area (Å²) >= 11 is 0.